The van der Waals surface area contributed by atoms with Crippen molar-refractivity contribution in [2.24, 2.45) is 0 Å². The Labute approximate surface area is 175 Å². The highest BCUT2D eigenvalue weighted by molar-refractivity contribution is 6.32. The molecule has 0 spiro atoms. The van der Waals surface area contributed by atoms with Gasteiger partial charge in [-0.15, -0.1) is 0 Å². The van der Waals surface area contributed by atoms with Gasteiger partial charge in [-0.05, 0) is 48.5 Å². The van der Waals surface area contributed by atoms with Crippen molar-refractivity contribution in [3.05, 3.63) is 87.6 Å². The van der Waals surface area contributed by atoms with Crippen molar-refractivity contribution in [1.82, 2.24) is 9.38 Å². The Hall–Kier alpha value is -3.91. The van der Waals surface area contributed by atoms with Gasteiger partial charge in [0.15, 0.2) is 0 Å². The summed E-state index contributed by atoms with van der Waals surface area (Å²) in [6.07, 6.45) is 1.77. The van der Waals surface area contributed by atoms with Gasteiger partial charge < -0.3 is 10.1 Å². The smallest absolute Gasteiger partial charge is 0.288 e. The molecule has 9 heteroatoms. The van der Waals surface area contributed by atoms with Crippen molar-refractivity contribution in [1.29, 1.82) is 0 Å². The maximum atomic E-state index is 12.9. The van der Waals surface area contributed by atoms with E-state index >= 15 is 0 Å². The van der Waals surface area contributed by atoms with Crippen molar-refractivity contribution in [2.75, 3.05) is 12.4 Å². The molecule has 4 rings (SSSR count). The predicted molar refractivity (Wildman–Crippen MR) is 113 cm³/mol. The average Bonchev–Trinajstić information content (AvgIpc) is 3.12. The van der Waals surface area contributed by atoms with Crippen LogP contribution in [0.3, 0.4) is 0 Å². The number of benzene rings is 2. The van der Waals surface area contributed by atoms with Gasteiger partial charge in [-0.1, -0.05) is 17.7 Å². The lowest BCUT2D eigenvalue weighted by atomic mass is 10.1. The summed E-state index contributed by atoms with van der Waals surface area (Å²) in [4.78, 5) is 28.0. The van der Waals surface area contributed by atoms with Crippen molar-refractivity contribution < 1.29 is 14.5 Å². The second-order valence-electron chi connectivity index (χ2n) is 6.34. The number of nitrogens with zero attached hydrogens (tertiary/aromatic N) is 3. The Kier molecular flexibility index (Phi) is 5.07. The zero-order valence-electron chi connectivity index (χ0n) is 15.7. The van der Waals surface area contributed by atoms with Gasteiger partial charge in [-0.25, -0.2) is 4.98 Å². The monoisotopic (exact) mass is 422 g/mol. The number of nitrogens with one attached hydrogen (secondary N) is 1. The number of halogens is 1. The molecule has 0 atom stereocenters. The van der Waals surface area contributed by atoms with E-state index in [1.165, 1.54) is 12.1 Å². The van der Waals surface area contributed by atoms with Gasteiger partial charge in [0.2, 0.25) is 0 Å². The third-order valence-corrected chi connectivity index (χ3v) is 4.85. The molecule has 150 valence electrons. The lowest BCUT2D eigenvalue weighted by molar-refractivity contribution is -0.384. The van der Waals surface area contributed by atoms with E-state index in [0.717, 1.165) is 11.6 Å². The van der Waals surface area contributed by atoms with Crippen molar-refractivity contribution in [2.45, 2.75) is 0 Å². The fourth-order valence-corrected chi connectivity index (χ4v) is 3.23. The molecule has 2 aromatic carbocycles. The van der Waals surface area contributed by atoms with E-state index in [1.54, 1.807) is 29.8 Å². The number of pyridine rings is 1. The molecule has 0 saturated carbocycles. The van der Waals surface area contributed by atoms with E-state index in [2.05, 4.69) is 10.3 Å². The molecule has 0 fully saturated rings. The summed E-state index contributed by atoms with van der Waals surface area (Å²) in [6, 6.07) is 16.6. The number of nitro groups is 1. The quantitative estimate of drug-likeness (QED) is 0.367. The van der Waals surface area contributed by atoms with Crippen LogP contribution in [-0.2, 0) is 0 Å². The molecule has 0 radical (unpaired) electrons. The molecule has 1 amide bonds. The topological polar surface area (TPSA) is 98.8 Å². The number of hydrogen-bond acceptors (Lipinski definition) is 5. The molecule has 1 N–H and O–H groups in total. The Morgan fingerprint density at radius 1 is 1.17 bits per heavy atom. The van der Waals surface area contributed by atoms with Gasteiger partial charge >= 0.3 is 0 Å². The van der Waals surface area contributed by atoms with Crippen LogP contribution in [0.4, 0.5) is 11.5 Å². The second-order valence-corrected chi connectivity index (χ2v) is 6.75. The molecule has 8 nitrogen and oxygen atoms in total. The third-order valence-electron chi connectivity index (χ3n) is 4.53. The van der Waals surface area contributed by atoms with Crippen LogP contribution in [0.1, 0.15) is 10.4 Å². The highest BCUT2D eigenvalue weighted by atomic mass is 35.5. The number of anilines is 1. The first kappa shape index (κ1) is 19.4. The molecular formula is C21H15ClN4O4. The molecule has 0 aliphatic heterocycles. The first-order valence-electron chi connectivity index (χ1n) is 8.84. The van der Waals surface area contributed by atoms with E-state index in [-0.39, 0.29) is 16.3 Å². The number of hydrogen-bond donors (Lipinski definition) is 1. The molecule has 2 heterocycles. The summed E-state index contributed by atoms with van der Waals surface area (Å²) in [5.41, 5.74) is 1.74. The van der Waals surface area contributed by atoms with Crippen molar-refractivity contribution >= 4 is 34.7 Å². The van der Waals surface area contributed by atoms with Gasteiger partial charge in [-0.2, -0.15) is 0 Å². The largest absolute Gasteiger partial charge is 0.497 e. The van der Waals surface area contributed by atoms with Crippen LogP contribution in [0.25, 0.3) is 16.9 Å². The van der Waals surface area contributed by atoms with Gasteiger partial charge in [0.1, 0.15) is 27.9 Å². The molecule has 2 aromatic heterocycles. The summed E-state index contributed by atoms with van der Waals surface area (Å²) < 4.78 is 6.93. The number of aromatic nitrogens is 2. The molecule has 0 saturated heterocycles. The second kappa shape index (κ2) is 7.84. The van der Waals surface area contributed by atoms with Gasteiger partial charge in [0, 0.05) is 23.4 Å². The van der Waals surface area contributed by atoms with Gasteiger partial charge in [-0.3, -0.25) is 19.3 Å². The molecule has 4 aromatic rings. The molecule has 0 aliphatic rings. The fraction of sp³-hybridized carbons (Fsp3) is 0.0476. The molecule has 0 bridgehead atoms. The number of imidazole rings is 1. The summed E-state index contributed by atoms with van der Waals surface area (Å²) in [7, 11) is 1.58. The number of carbonyl (C=O) groups is 1. The summed E-state index contributed by atoms with van der Waals surface area (Å²) in [5, 5.41) is 13.9. The summed E-state index contributed by atoms with van der Waals surface area (Å²) in [5.74, 6) is 0.620. The van der Waals surface area contributed by atoms with Crippen LogP contribution in [-0.4, -0.2) is 27.3 Å². The van der Waals surface area contributed by atoms with E-state index in [9.17, 15) is 14.9 Å². The maximum absolute atomic E-state index is 12.9. The Balaban J connectivity index is 1.77. The highest BCUT2D eigenvalue weighted by Crippen LogP contribution is 2.31. The number of methoxy groups -OCH3 is 1. The SMILES string of the molecule is COc1ccc(-c2nc3ccccn3c2NC(=O)c2ccc(Cl)c([N+](=O)[O-])c2)cc1. The van der Waals surface area contributed by atoms with Crippen molar-refractivity contribution in [3.8, 4) is 17.0 Å². The third kappa shape index (κ3) is 3.56. The maximum Gasteiger partial charge on any atom is 0.288 e. The van der Waals surface area contributed by atoms with E-state index in [4.69, 9.17) is 16.3 Å². The lowest BCUT2D eigenvalue weighted by Crippen LogP contribution is -2.14. The number of rotatable bonds is 5. The van der Waals surface area contributed by atoms with Crippen LogP contribution in [0, 0.1) is 10.1 Å². The fourth-order valence-electron chi connectivity index (χ4n) is 3.04. The van der Waals surface area contributed by atoms with Crippen LogP contribution >= 0.6 is 11.6 Å². The number of ether oxygens (including phenoxy) is 1. The highest BCUT2D eigenvalue weighted by Gasteiger charge is 2.20. The van der Waals surface area contributed by atoms with E-state index < -0.39 is 10.8 Å². The Morgan fingerprint density at radius 3 is 2.63 bits per heavy atom. The van der Waals surface area contributed by atoms with Gasteiger partial charge in [0.05, 0.1) is 12.0 Å². The molecule has 0 aliphatic carbocycles. The Morgan fingerprint density at radius 2 is 1.93 bits per heavy atom. The number of nitro benzene ring substituents is 1. The van der Waals surface area contributed by atoms with Crippen LogP contribution in [0.15, 0.2) is 66.9 Å². The predicted octanol–water partition coefficient (Wildman–Crippen LogP) is 4.82. The van der Waals surface area contributed by atoms with E-state index in [0.29, 0.717) is 22.9 Å². The Bertz CT molecular complexity index is 1270. The van der Waals surface area contributed by atoms with Crippen LogP contribution < -0.4 is 10.1 Å². The number of fused-ring (bicyclic) bond motifs is 1. The molecule has 30 heavy (non-hydrogen) atoms. The lowest BCUT2D eigenvalue weighted by Gasteiger charge is -2.09. The average molecular weight is 423 g/mol. The first-order chi connectivity index (χ1) is 14.5. The minimum atomic E-state index is -0.629. The minimum Gasteiger partial charge on any atom is -0.497 e. The van der Waals surface area contributed by atoms with Crippen LogP contribution in [0.5, 0.6) is 5.75 Å². The molecular weight excluding hydrogens is 408 g/mol. The summed E-state index contributed by atoms with van der Waals surface area (Å²) in [6.45, 7) is 0. The van der Waals surface area contributed by atoms with Crippen molar-refractivity contribution in [3.63, 3.8) is 0 Å². The van der Waals surface area contributed by atoms with Gasteiger partial charge in [0.25, 0.3) is 11.6 Å². The normalized spacial score (nSPS) is 10.7. The standard InChI is InChI=1S/C21H15ClN4O4/c1-30-15-8-5-13(6-9-15)19-20(25-11-3-2-4-18(25)23-19)24-21(27)14-7-10-16(22)17(12-14)26(28)29/h2-12H,1H3,(H,24,27). The van der Waals surface area contributed by atoms with E-state index in [1.807, 2.05) is 30.3 Å². The van der Waals surface area contributed by atoms with Crippen LogP contribution in [0.2, 0.25) is 5.02 Å². The minimum absolute atomic E-state index is 0.0368. The zero-order chi connectivity index (χ0) is 21.3. The zero-order valence-corrected chi connectivity index (χ0v) is 16.5. The molecule has 0 unspecified atom stereocenters. The number of amides is 1. The number of carbonyl (C=O) groups excluding carboxylic acids is 1. The summed E-state index contributed by atoms with van der Waals surface area (Å²) >= 11 is 5.85. The first-order valence-corrected chi connectivity index (χ1v) is 9.22.